The number of nitrogens with one attached hydrogen (secondary N) is 2. The number of carbonyl (C=O) groups is 1. The Hall–Kier alpha value is -2.89. The Morgan fingerprint density at radius 1 is 1.36 bits per heavy atom. The largest absolute Gasteiger partial charge is 0.462 e. The van der Waals surface area contributed by atoms with Crippen LogP contribution in [0.5, 0.6) is 0 Å². The summed E-state index contributed by atoms with van der Waals surface area (Å²) < 4.78 is 4.94. The predicted molar refractivity (Wildman–Crippen MR) is 85.6 cm³/mol. The third-order valence-electron chi connectivity index (χ3n) is 3.04. The average Bonchev–Trinajstić information content (AvgIpc) is 2.48. The van der Waals surface area contributed by atoms with Crippen LogP contribution in [0.25, 0.3) is 0 Å². The highest BCUT2D eigenvalue weighted by molar-refractivity contribution is 6.18. The topological polar surface area (TPSA) is 101 Å². The van der Waals surface area contributed by atoms with Crippen LogP contribution in [0.4, 0.5) is 0 Å². The molecule has 0 fully saturated rings. The standard InChI is InChI=1S/C16H18N4O2/c1-3-22-16(21)13(14(17)18)12-8-9-19-15(20-12)11-6-4-10(2)5-7-11/h4-9H,3H2,1-2H3,(H3,17,18)(H,19,20)/b13-12+. The van der Waals surface area contributed by atoms with Crippen LogP contribution in [0.15, 0.2) is 52.8 Å². The molecule has 22 heavy (non-hydrogen) atoms. The summed E-state index contributed by atoms with van der Waals surface area (Å²) in [5.41, 5.74) is 7.93. The third kappa shape index (κ3) is 3.41. The lowest BCUT2D eigenvalue weighted by atomic mass is 10.1. The first-order chi connectivity index (χ1) is 10.5. The van der Waals surface area contributed by atoms with Crippen molar-refractivity contribution in [3.05, 3.63) is 58.9 Å². The smallest absolute Gasteiger partial charge is 0.344 e. The summed E-state index contributed by atoms with van der Waals surface area (Å²) >= 11 is 0. The van der Waals surface area contributed by atoms with Gasteiger partial charge in [-0.05, 0) is 19.9 Å². The van der Waals surface area contributed by atoms with Gasteiger partial charge in [0.1, 0.15) is 17.2 Å². The minimum absolute atomic E-state index is 0.00221. The van der Waals surface area contributed by atoms with E-state index in [4.69, 9.17) is 15.9 Å². The second-order valence-electron chi connectivity index (χ2n) is 4.71. The molecule has 4 N–H and O–H groups in total. The van der Waals surface area contributed by atoms with Crippen molar-refractivity contribution in [3.8, 4) is 0 Å². The Morgan fingerprint density at radius 3 is 2.64 bits per heavy atom. The number of rotatable bonds is 4. The zero-order valence-corrected chi connectivity index (χ0v) is 12.5. The molecule has 0 radical (unpaired) electrons. The van der Waals surface area contributed by atoms with E-state index in [0.29, 0.717) is 11.5 Å². The van der Waals surface area contributed by atoms with Gasteiger partial charge in [0.05, 0.1) is 12.3 Å². The summed E-state index contributed by atoms with van der Waals surface area (Å²) in [5, 5.41) is 10.6. The fourth-order valence-electron chi connectivity index (χ4n) is 1.96. The highest BCUT2D eigenvalue weighted by Gasteiger charge is 2.21. The van der Waals surface area contributed by atoms with Crippen LogP contribution in [0.2, 0.25) is 0 Å². The summed E-state index contributed by atoms with van der Waals surface area (Å²) in [6.07, 6.45) is 3.15. The monoisotopic (exact) mass is 298 g/mol. The molecule has 0 saturated carbocycles. The average molecular weight is 298 g/mol. The van der Waals surface area contributed by atoms with Gasteiger partial charge in [-0.1, -0.05) is 29.8 Å². The summed E-state index contributed by atoms with van der Waals surface area (Å²) in [5.74, 6) is -0.399. The number of aliphatic imine (C=N–C) groups is 1. The molecule has 114 valence electrons. The lowest BCUT2D eigenvalue weighted by Crippen LogP contribution is -2.32. The van der Waals surface area contributed by atoms with Crippen LogP contribution < -0.4 is 11.1 Å². The number of nitrogens with zero attached hydrogens (tertiary/aromatic N) is 1. The number of hydrogen-bond donors (Lipinski definition) is 3. The summed E-state index contributed by atoms with van der Waals surface area (Å²) in [7, 11) is 0. The van der Waals surface area contributed by atoms with Crippen LogP contribution in [0.1, 0.15) is 18.1 Å². The molecule has 6 heteroatoms. The van der Waals surface area contributed by atoms with Gasteiger partial charge in [-0.25, -0.2) is 9.79 Å². The van der Waals surface area contributed by atoms with Crippen molar-refractivity contribution in [1.29, 1.82) is 5.41 Å². The summed E-state index contributed by atoms with van der Waals surface area (Å²) in [6, 6.07) is 7.79. The van der Waals surface area contributed by atoms with E-state index in [9.17, 15) is 4.79 Å². The number of nitrogens with two attached hydrogens (primary N) is 1. The van der Waals surface area contributed by atoms with Crippen molar-refractivity contribution < 1.29 is 9.53 Å². The van der Waals surface area contributed by atoms with E-state index < -0.39 is 5.97 Å². The van der Waals surface area contributed by atoms with Gasteiger partial charge < -0.3 is 15.8 Å². The summed E-state index contributed by atoms with van der Waals surface area (Å²) in [4.78, 5) is 16.2. The molecule has 1 aromatic rings. The first kappa shape index (κ1) is 15.5. The SMILES string of the molecule is CCOC(=O)/C(C(=N)N)=C1\C=CN=C(c2ccc(C)cc2)N1. The number of ether oxygens (including phenoxy) is 1. The number of carbonyl (C=O) groups excluding carboxylic acids is 1. The molecule has 1 heterocycles. The zero-order valence-electron chi connectivity index (χ0n) is 12.5. The van der Waals surface area contributed by atoms with Crippen LogP contribution in [-0.4, -0.2) is 24.2 Å². The lowest BCUT2D eigenvalue weighted by molar-refractivity contribution is -0.137. The lowest BCUT2D eigenvalue weighted by Gasteiger charge is -2.17. The molecular formula is C16H18N4O2. The zero-order chi connectivity index (χ0) is 16.1. The maximum absolute atomic E-state index is 12.0. The number of esters is 1. The van der Waals surface area contributed by atoms with Crippen molar-refractivity contribution in [2.75, 3.05) is 6.61 Å². The van der Waals surface area contributed by atoms with Crippen LogP contribution in [-0.2, 0) is 9.53 Å². The molecule has 0 aromatic heterocycles. The third-order valence-corrected chi connectivity index (χ3v) is 3.04. The molecule has 0 atom stereocenters. The van der Waals surface area contributed by atoms with E-state index in [-0.39, 0.29) is 18.0 Å². The Labute approximate surface area is 128 Å². The first-order valence-corrected chi connectivity index (χ1v) is 6.87. The quantitative estimate of drug-likeness (QED) is 0.340. The molecule has 1 aliphatic heterocycles. The van der Waals surface area contributed by atoms with Crippen molar-refractivity contribution in [2.45, 2.75) is 13.8 Å². The molecule has 1 aromatic carbocycles. The van der Waals surface area contributed by atoms with Gasteiger partial charge in [0.15, 0.2) is 0 Å². The highest BCUT2D eigenvalue weighted by atomic mass is 16.5. The fourth-order valence-corrected chi connectivity index (χ4v) is 1.96. The number of allylic oxidation sites excluding steroid dienone is 1. The maximum Gasteiger partial charge on any atom is 0.344 e. The van der Waals surface area contributed by atoms with E-state index in [1.54, 1.807) is 19.2 Å². The number of benzene rings is 1. The first-order valence-electron chi connectivity index (χ1n) is 6.87. The maximum atomic E-state index is 12.0. The second kappa shape index (κ2) is 6.71. The van der Waals surface area contributed by atoms with Crippen LogP contribution in [0, 0.1) is 12.3 Å². The Kier molecular flexibility index (Phi) is 4.73. The number of aryl methyl sites for hydroxylation is 1. The number of hydrogen-bond acceptors (Lipinski definition) is 5. The Balaban J connectivity index is 2.35. The van der Waals surface area contributed by atoms with E-state index in [2.05, 4.69) is 10.3 Å². The molecule has 6 nitrogen and oxygen atoms in total. The van der Waals surface area contributed by atoms with Crippen molar-refractivity contribution in [2.24, 2.45) is 10.7 Å². The second-order valence-corrected chi connectivity index (χ2v) is 4.71. The summed E-state index contributed by atoms with van der Waals surface area (Å²) in [6.45, 7) is 3.91. The van der Waals surface area contributed by atoms with Gasteiger partial charge in [0.2, 0.25) is 0 Å². The number of amidine groups is 2. The molecule has 0 bridgehead atoms. The fraction of sp³-hybridized carbons (Fsp3) is 0.188. The Bertz CT molecular complexity index is 685. The van der Waals surface area contributed by atoms with Crippen molar-refractivity contribution in [3.63, 3.8) is 0 Å². The Morgan fingerprint density at radius 2 is 2.05 bits per heavy atom. The minimum atomic E-state index is -0.632. The van der Waals surface area contributed by atoms with Crippen molar-refractivity contribution >= 4 is 17.6 Å². The van der Waals surface area contributed by atoms with E-state index >= 15 is 0 Å². The highest BCUT2D eigenvalue weighted by Crippen LogP contribution is 2.13. The molecule has 0 amide bonds. The van der Waals surface area contributed by atoms with Gasteiger partial charge >= 0.3 is 5.97 Å². The molecular weight excluding hydrogens is 280 g/mol. The molecule has 0 saturated heterocycles. The van der Waals surface area contributed by atoms with Gasteiger partial charge in [0, 0.05) is 11.8 Å². The van der Waals surface area contributed by atoms with Gasteiger partial charge in [-0.2, -0.15) is 0 Å². The van der Waals surface area contributed by atoms with Crippen LogP contribution >= 0.6 is 0 Å². The van der Waals surface area contributed by atoms with Gasteiger partial charge in [-0.3, -0.25) is 5.41 Å². The van der Waals surface area contributed by atoms with Crippen molar-refractivity contribution in [1.82, 2.24) is 5.32 Å². The molecule has 0 unspecified atom stereocenters. The van der Waals surface area contributed by atoms with Gasteiger partial charge in [-0.15, -0.1) is 0 Å². The molecule has 0 spiro atoms. The van der Waals surface area contributed by atoms with E-state index in [0.717, 1.165) is 11.1 Å². The van der Waals surface area contributed by atoms with Gasteiger partial charge in [0.25, 0.3) is 0 Å². The predicted octanol–water partition coefficient (Wildman–Crippen LogP) is 1.61. The van der Waals surface area contributed by atoms with Crippen LogP contribution in [0.3, 0.4) is 0 Å². The normalized spacial score (nSPS) is 15.6. The molecule has 2 rings (SSSR count). The minimum Gasteiger partial charge on any atom is -0.462 e. The van der Waals surface area contributed by atoms with E-state index in [1.165, 1.54) is 0 Å². The van der Waals surface area contributed by atoms with E-state index in [1.807, 2.05) is 31.2 Å². The molecule has 0 aliphatic carbocycles. The molecule has 1 aliphatic rings.